The second-order valence-electron chi connectivity index (χ2n) is 2.80. The molecule has 0 radical (unpaired) electrons. The quantitative estimate of drug-likeness (QED) is 0.435. The van der Waals surface area contributed by atoms with Gasteiger partial charge in [-0.25, -0.2) is 4.79 Å². The predicted octanol–water partition coefficient (Wildman–Crippen LogP) is 1.45. The molecule has 0 saturated carbocycles. The highest BCUT2D eigenvalue weighted by Crippen LogP contribution is 2.12. The molecular formula is C11H11NO2. The van der Waals surface area contributed by atoms with Gasteiger partial charge in [0, 0.05) is 5.69 Å². The monoisotopic (exact) mass is 189 g/mol. The highest BCUT2D eigenvalue weighted by atomic mass is 16.5. The zero-order valence-corrected chi connectivity index (χ0v) is 7.86. The molecular weight excluding hydrogens is 178 g/mol. The van der Waals surface area contributed by atoms with Crippen LogP contribution in [-0.2, 0) is 4.74 Å². The number of carbonyl (C=O) groups is 1. The maximum Gasteiger partial charge on any atom is 0.341 e. The average Bonchev–Trinajstić information content (AvgIpc) is 2.18. The van der Waals surface area contributed by atoms with Crippen LogP contribution in [0.2, 0.25) is 0 Å². The summed E-state index contributed by atoms with van der Waals surface area (Å²) in [6.45, 7) is 1.62. The zero-order chi connectivity index (χ0) is 10.6. The van der Waals surface area contributed by atoms with E-state index in [9.17, 15) is 4.79 Å². The molecule has 14 heavy (non-hydrogen) atoms. The second kappa shape index (κ2) is 4.33. The molecule has 1 rings (SSSR count). The van der Waals surface area contributed by atoms with E-state index in [1.54, 1.807) is 31.2 Å². The molecule has 0 spiro atoms. The summed E-state index contributed by atoms with van der Waals surface area (Å²) in [5.41, 5.74) is 6.32. The first-order valence-electron chi connectivity index (χ1n) is 4.16. The lowest BCUT2D eigenvalue weighted by Crippen LogP contribution is -2.14. The fourth-order valence-electron chi connectivity index (χ4n) is 0.941. The number of carbonyl (C=O) groups excluding carboxylic acids is 1. The van der Waals surface area contributed by atoms with Crippen molar-refractivity contribution >= 4 is 11.7 Å². The summed E-state index contributed by atoms with van der Waals surface area (Å²) >= 11 is 0. The maximum atomic E-state index is 11.4. The van der Waals surface area contributed by atoms with Crippen LogP contribution in [0, 0.1) is 12.3 Å². The Morgan fingerprint density at radius 1 is 1.57 bits per heavy atom. The van der Waals surface area contributed by atoms with Crippen molar-refractivity contribution in [3.05, 3.63) is 29.8 Å². The Labute approximate surface area is 82.9 Å². The maximum absolute atomic E-state index is 11.4. The topological polar surface area (TPSA) is 52.3 Å². The van der Waals surface area contributed by atoms with E-state index in [1.165, 1.54) is 0 Å². The number of hydrogen-bond donors (Lipinski definition) is 1. The van der Waals surface area contributed by atoms with Gasteiger partial charge < -0.3 is 10.5 Å². The molecule has 0 unspecified atom stereocenters. The third kappa shape index (κ3) is 2.27. The summed E-state index contributed by atoms with van der Waals surface area (Å²) in [6, 6.07) is 6.70. The lowest BCUT2D eigenvalue weighted by Gasteiger charge is -2.08. The number of nitrogen functional groups attached to an aromatic ring is 1. The van der Waals surface area contributed by atoms with Crippen molar-refractivity contribution in [3.8, 4) is 12.3 Å². The van der Waals surface area contributed by atoms with Gasteiger partial charge in [-0.15, -0.1) is 6.42 Å². The van der Waals surface area contributed by atoms with Gasteiger partial charge in [-0.3, -0.25) is 0 Å². The van der Waals surface area contributed by atoms with E-state index in [0.29, 0.717) is 11.3 Å². The molecule has 0 aromatic heterocycles. The molecule has 0 aliphatic rings. The van der Waals surface area contributed by atoms with E-state index >= 15 is 0 Å². The molecule has 1 aromatic carbocycles. The summed E-state index contributed by atoms with van der Waals surface area (Å²) in [5.74, 6) is 1.81. The van der Waals surface area contributed by atoms with Crippen molar-refractivity contribution < 1.29 is 9.53 Å². The molecule has 0 aliphatic heterocycles. The Bertz CT molecular complexity index is 379. The smallest absolute Gasteiger partial charge is 0.341 e. The summed E-state index contributed by atoms with van der Waals surface area (Å²) in [6.07, 6.45) is 4.54. The molecule has 72 valence electrons. The minimum atomic E-state index is -0.540. The molecule has 3 heteroatoms. The number of esters is 1. The van der Waals surface area contributed by atoms with E-state index in [2.05, 4.69) is 5.92 Å². The molecule has 0 fully saturated rings. The molecule has 0 saturated heterocycles. The van der Waals surface area contributed by atoms with E-state index in [1.807, 2.05) is 0 Å². The van der Waals surface area contributed by atoms with Crippen molar-refractivity contribution in [1.29, 1.82) is 0 Å². The summed E-state index contributed by atoms with van der Waals surface area (Å²) in [5, 5.41) is 0. The van der Waals surface area contributed by atoms with Crippen LogP contribution in [0.1, 0.15) is 17.3 Å². The Balaban J connectivity index is 2.81. The molecule has 0 heterocycles. The Morgan fingerprint density at radius 3 is 2.79 bits per heavy atom. The fraction of sp³-hybridized carbons (Fsp3) is 0.182. The highest BCUT2D eigenvalue weighted by Gasteiger charge is 2.12. The van der Waals surface area contributed by atoms with Crippen LogP contribution in [-0.4, -0.2) is 12.1 Å². The van der Waals surface area contributed by atoms with Crippen LogP contribution < -0.4 is 5.73 Å². The molecule has 0 bridgehead atoms. The van der Waals surface area contributed by atoms with Crippen LogP contribution in [0.25, 0.3) is 0 Å². The lowest BCUT2D eigenvalue weighted by atomic mass is 10.2. The molecule has 0 amide bonds. The van der Waals surface area contributed by atoms with Crippen LogP contribution in [0.4, 0.5) is 5.69 Å². The average molecular weight is 189 g/mol. The number of ether oxygens (including phenoxy) is 1. The number of hydrogen-bond acceptors (Lipinski definition) is 3. The van der Waals surface area contributed by atoms with Gasteiger partial charge in [-0.1, -0.05) is 18.1 Å². The van der Waals surface area contributed by atoms with Gasteiger partial charge >= 0.3 is 5.97 Å². The number of nitrogens with two attached hydrogens (primary N) is 1. The Morgan fingerprint density at radius 2 is 2.21 bits per heavy atom. The Hall–Kier alpha value is -1.95. The van der Waals surface area contributed by atoms with Crippen molar-refractivity contribution in [2.45, 2.75) is 13.0 Å². The van der Waals surface area contributed by atoms with Crippen LogP contribution in [0.3, 0.4) is 0 Å². The first kappa shape index (κ1) is 10.1. The predicted molar refractivity (Wildman–Crippen MR) is 54.6 cm³/mol. The minimum Gasteiger partial charge on any atom is -0.446 e. The largest absolute Gasteiger partial charge is 0.446 e. The van der Waals surface area contributed by atoms with E-state index < -0.39 is 12.1 Å². The van der Waals surface area contributed by atoms with Gasteiger partial charge in [-0.2, -0.15) is 0 Å². The van der Waals surface area contributed by atoms with Crippen molar-refractivity contribution in [2.75, 3.05) is 5.73 Å². The van der Waals surface area contributed by atoms with Crippen LogP contribution in [0.15, 0.2) is 24.3 Å². The zero-order valence-electron chi connectivity index (χ0n) is 7.86. The normalized spacial score (nSPS) is 11.4. The van der Waals surface area contributed by atoms with Gasteiger partial charge in [0.15, 0.2) is 6.10 Å². The molecule has 3 nitrogen and oxygen atoms in total. The standard InChI is InChI=1S/C11H11NO2/c1-3-8(2)14-11(13)9-6-4-5-7-10(9)12/h1,4-8H,12H2,2H3/t8-/m1/s1. The number of rotatable bonds is 2. The van der Waals surface area contributed by atoms with Gasteiger partial charge in [0.1, 0.15) is 0 Å². The molecule has 1 atom stereocenters. The summed E-state index contributed by atoms with van der Waals surface area (Å²) < 4.78 is 4.91. The summed E-state index contributed by atoms with van der Waals surface area (Å²) in [4.78, 5) is 11.4. The lowest BCUT2D eigenvalue weighted by molar-refractivity contribution is 0.0440. The van der Waals surface area contributed by atoms with Gasteiger partial charge in [-0.05, 0) is 19.1 Å². The van der Waals surface area contributed by atoms with Crippen molar-refractivity contribution in [1.82, 2.24) is 0 Å². The van der Waals surface area contributed by atoms with Crippen molar-refractivity contribution in [2.24, 2.45) is 0 Å². The highest BCUT2D eigenvalue weighted by molar-refractivity contribution is 5.95. The van der Waals surface area contributed by atoms with E-state index in [0.717, 1.165) is 0 Å². The third-order valence-corrected chi connectivity index (χ3v) is 1.70. The first-order valence-corrected chi connectivity index (χ1v) is 4.16. The van der Waals surface area contributed by atoms with Gasteiger partial charge in [0.25, 0.3) is 0 Å². The molecule has 2 N–H and O–H groups in total. The fourth-order valence-corrected chi connectivity index (χ4v) is 0.941. The number of para-hydroxylation sites is 1. The van der Waals surface area contributed by atoms with Crippen molar-refractivity contribution in [3.63, 3.8) is 0 Å². The number of terminal acetylenes is 1. The Kier molecular flexibility index (Phi) is 3.14. The molecule has 0 aliphatic carbocycles. The first-order chi connectivity index (χ1) is 6.65. The number of anilines is 1. The third-order valence-electron chi connectivity index (χ3n) is 1.70. The number of benzene rings is 1. The van der Waals surface area contributed by atoms with Crippen LogP contribution >= 0.6 is 0 Å². The van der Waals surface area contributed by atoms with Gasteiger partial charge in [0.05, 0.1) is 5.56 Å². The minimum absolute atomic E-state index is 0.342. The van der Waals surface area contributed by atoms with Crippen LogP contribution in [0.5, 0.6) is 0 Å². The SMILES string of the molecule is C#C[C@@H](C)OC(=O)c1ccccc1N. The summed E-state index contributed by atoms with van der Waals surface area (Å²) in [7, 11) is 0. The second-order valence-corrected chi connectivity index (χ2v) is 2.80. The van der Waals surface area contributed by atoms with E-state index in [4.69, 9.17) is 16.9 Å². The van der Waals surface area contributed by atoms with E-state index in [-0.39, 0.29) is 0 Å². The van der Waals surface area contributed by atoms with Gasteiger partial charge in [0.2, 0.25) is 0 Å². The molecule has 1 aromatic rings.